The molecule has 1 heterocycles. The average molecular weight is 383 g/mol. The van der Waals surface area contributed by atoms with Crippen molar-refractivity contribution in [1.82, 2.24) is 9.10 Å². The topological polar surface area (TPSA) is 71.1 Å². The molecule has 25 heavy (non-hydrogen) atoms. The Morgan fingerprint density at radius 2 is 1.88 bits per heavy atom. The molecule has 0 radical (unpaired) electrons. The van der Waals surface area contributed by atoms with Crippen molar-refractivity contribution in [2.75, 3.05) is 18.4 Å². The maximum atomic E-state index is 13.6. The van der Waals surface area contributed by atoms with Gasteiger partial charge in [-0.1, -0.05) is 12.1 Å². The number of fused-ring (bicyclic) bond motifs is 1. The largest absolute Gasteiger partial charge is 0.369 e. The minimum atomic E-state index is -4.01. The number of nitrogens with one attached hydrogen (secondary N) is 2. The molecule has 0 aliphatic carbocycles. The van der Waals surface area contributed by atoms with Crippen LogP contribution in [0, 0.1) is 11.6 Å². The fraction of sp³-hybridized carbons (Fsp3) is 0.188. The average Bonchev–Trinajstić information content (AvgIpc) is 2.97. The maximum Gasteiger partial charge on any atom is 0.243 e. The van der Waals surface area contributed by atoms with Gasteiger partial charge in [-0.25, -0.2) is 21.9 Å². The van der Waals surface area contributed by atoms with Crippen LogP contribution in [0.2, 0.25) is 0 Å². The van der Waals surface area contributed by atoms with Gasteiger partial charge in [-0.05, 0) is 42.2 Å². The zero-order valence-corrected chi connectivity index (χ0v) is 14.6. The van der Waals surface area contributed by atoms with E-state index in [2.05, 4.69) is 14.4 Å². The molecule has 0 unspecified atom stereocenters. The van der Waals surface area contributed by atoms with Crippen molar-refractivity contribution >= 4 is 37.5 Å². The van der Waals surface area contributed by atoms with E-state index in [1.54, 1.807) is 0 Å². The first-order valence-electron chi connectivity index (χ1n) is 7.50. The second kappa shape index (κ2) is 7.42. The number of hydrogen-bond acceptors (Lipinski definition) is 5. The monoisotopic (exact) mass is 383 g/mol. The quantitative estimate of drug-likeness (QED) is 0.614. The van der Waals surface area contributed by atoms with E-state index < -0.39 is 26.6 Å². The summed E-state index contributed by atoms with van der Waals surface area (Å²) in [4.78, 5) is -0.563. The first kappa shape index (κ1) is 17.7. The van der Waals surface area contributed by atoms with Crippen molar-refractivity contribution < 1.29 is 17.2 Å². The fourth-order valence-electron chi connectivity index (χ4n) is 2.29. The first-order valence-corrected chi connectivity index (χ1v) is 9.76. The number of sulfonamides is 1. The predicted octanol–water partition coefficient (Wildman–Crippen LogP) is 3.36. The summed E-state index contributed by atoms with van der Waals surface area (Å²) < 4.78 is 58.2. The lowest BCUT2D eigenvalue weighted by Crippen LogP contribution is -2.27. The zero-order chi connectivity index (χ0) is 17.9. The molecule has 0 aliphatic rings. The van der Waals surface area contributed by atoms with Gasteiger partial charge in [-0.3, -0.25) is 0 Å². The van der Waals surface area contributed by atoms with Crippen LogP contribution in [0.5, 0.6) is 0 Å². The van der Waals surface area contributed by atoms with Crippen molar-refractivity contribution in [2.24, 2.45) is 0 Å². The molecule has 0 spiro atoms. The molecule has 2 aromatic carbocycles. The van der Waals surface area contributed by atoms with Crippen molar-refractivity contribution in [2.45, 2.75) is 11.3 Å². The Hall–Kier alpha value is -2.10. The van der Waals surface area contributed by atoms with Gasteiger partial charge in [0, 0.05) is 24.5 Å². The summed E-state index contributed by atoms with van der Waals surface area (Å²) in [6.07, 6.45) is 0.480. The van der Waals surface area contributed by atoms with E-state index in [4.69, 9.17) is 0 Å². The molecule has 132 valence electrons. The number of anilines is 1. The smallest absolute Gasteiger partial charge is 0.243 e. The summed E-state index contributed by atoms with van der Waals surface area (Å²) in [6, 6.07) is 10.2. The second-order valence-electron chi connectivity index (χ2n) is 5.28. The van der Waals surface area contributed by atoms with Gasteiger partial charge in [0.25, 0.3) is 0 Å². The molecule has 0 aliphatic heterocycles. The highest BCUT2D eigenvalue weighted by Gasteiger charge is 2.18. The Morgan fingerprint density at radius 1 is 1.08 bits per heavy atom. The van der Waals surface area contributed by atoms with Gasteiger partial charge < -0.3 is 5.32 Å². The Bertz CT molecular complexity index is 990. The predicted molar refractivity (Wildman–Crippen MR) is 94.3 cm³/mol. The highest BCUT2D eigenvalue weighted by molar-refractivity contribution is 7.89. The summed E-state index contributed by atoms with van der Waals surface area (Å²) >= 11 is 1.39. The summed E-state index contributed by atoms with van der Waals surface area (Å²) in [5, 5.41) is 4.17. The van der Waals surface area contributed by atoms with E-state index in [-0.39, 0.29) is 6.54 Å². The van der Waals surface area contributed by atoms with Crippen LogP contribution in [0.15, 0.2) is 47.4 Å². The minimum absolute atomic E-state index is 0.119. The van der Waals surface area contributed by atoms with Gasteiger partial charge in [0.1, 0.15) is 22.3 Å². The van der Waals surface area contributed by atoms with E-state index in [0.29, 0.717) is 19.0 Å². The molecule has 0 saturated carbocycles. The molecular formula is C16H15F2N3O2S2. The highest BCUT2D eigenvalue weighted by Crippen LogP contribution is 2.25. The number of nitrogens with zero attached hydrogens (tertiary/aromatic N) is 1. The van der Waals surface area contributed by atoms with Crippen molar-refractivity contribution in [3.63, 3.8) is 0 Å². The molecule has 9 heteroatoms. The third-order valence-corrected chi connectivity index (χ3v) is 5.82. The van der Waals surface area contributed by atoms with E-state index in [1.165, 1.54) is 11.5 Å². The van der Waals surface area contributed by atoms with Gasteiger partial charge in [0.15, 0.2) is 0 Å². The lowest BCUT2D eigenvalue weighted by molar-refractivity contribution is 0.542. The Morgan fingerprint density at radius 3 is 2.68 bits per heavy atom. The van der Waals surface area contributed by atoms with E-state index in [0.717, 1.165) is 28.0 Å². The van der Waals surface area contributed by atoms with Crippen molar-refractivity contribution in [3.05, 3.63) is 54.1 Å². The summed E-state index contributed by atoms with van der Waals surface area (Å²) in [7, 11) is -4.01. The van der Waals surface area contributed by atoms with E-state index in [9.17, 15) is 17.2 Å². The third-order valence-electron chi connectivity index (χ3n) is 3.50. The highest BCUT2D eigenvalue weighted by atomic mass is 32.2. The van der Waals surface area contributed by atoms with Crippen LogP contribution < -0.4 is 10.0 Å². The van der Waals surface area contributed by atoms with E-state index >= 15 is 0 Å². The molecule has 3 aromatic rings. The number of hydrogen-bond donors (Lipinski definition) is 2. The van der Waals surface area contributed by atoms with Crippen LogP contribution in [-0.4, -0.2) is 25.9 Å². The fourth-order valence-corrected chi connectivity index (χ4v) is 4.17. The number of aromatic nitrogens is 1. The number of halogens is 2. The molecule has 5 nitrogen and oxygen atoms in total. The van der Waals surface area contributed by atoms with Crippen LogP contribution in [-0.2, 0) is 10.0 Å². The number of benzene rings is 2. The lowest BCUT2D eigenvalue weighted by Gasteiger charge is -2.08. The van der Waals surface area contributed by atoms with Gasteiger partial charge in [-0.2, -0.15) is 4.37 Å². The van der Waals surface area contributed by atoms with Gasteiger partial charge in [0.05, 0.1) is 4.70 Å². The SMILES string of the molecule is O=S(=O)(NCCCNc1nsc2ccccc12)c1ccc(F)cc1F. The van der Waals surface area contributed by atoms with E-state index in [1.807, 2.05) is 24.3 Å². The lowest BCUT2D eigenvalue weighted by atomic mass is 10.2. The summed E-state index contributed by atoms with van der Waals surface area (Å²) in [5.41, 5.74) is 0. The number of rotatable bonds is 7. The van der Waals surface area contributed by atoms with Gasteiger partial charge in [0.2, 0.25) is 10.0 Å². The van der Waals surface area contributed by atoms with Crippen LogP contribution in [0.3, 0.4) is 0 Å². The van der Waals surface area contributed by atoms with Gasteiger partial charge in [-0.15, -0.1) is 0 Å². The normalized spacial score (nSPS) is 11.8. The molecule has 1 aromatic heterocycles. The van der Waals surface area contributed by atoms with Crippen LogP contribution >= 0.6 is 11.5 Å². The summed E-state index contributed by atoms with van der Waals surface area (Å²) in [5.74, 6) is -1.18. The molecule has 2 N–H and O–H groups in total. The maximum absolute atomic E-state index is 13.6. The molecule has 0 saturated heterocycles. The minimum Gasteiger partial charge on any atom is -0.369 e. The van der Waals surface area contributed by atoms with Crippen LogP contribution in [0.25, 0.3) is 10.1 Å². The van der Waals surface area contributed by atoms with Crippen LogP contribution in [0.1, 0.15) is 6.42 Å². The van der Waals surface area contributed by atoms with Crippen molar-refractivity contribution in [3.8, 4) is 0 Å². The molecule has 0 amide bonds. The molecule has 3 rings (SSSR count). The molecule has 0 bridgehead atoms. The Balaban J connectivity index is 1.52. The molecule has 0 fully saturated rings. The first-order chi connectivity index (χ1) is 12.0. The van der Waals surface area contributed by atoms with Crippen molar-refractivity contribution in [1.29, 1.82) is 0 Å². The second-order valence-corrected chi connectivity index (χ2v) is 7.82. The molecule has 0 atom stereocenters. The van der Waals surface area contributed by atoms with Crippen LogP contribution in [0.4, 0.5) is 14.6 Å². The summed E-state index contributed by atoms with van der Waals surface area (Å²) in [6.45, 7) is 0.621. The zero-order valence-electron chi connectivity index (χ0n) is 13.0. The molecular weight excluding hydrogens is 368 g/mol. The third kappa shape index (κ3) is 4.12. The standard InChI is InChI=1S/C16H15F2N3O2S2/c17-11-6-7-15(13(18)10-11)25(22,23)20-9-3-8-19-16-12-4-1-2-5-14(12)24-21-16/h1-2,4-7,10,20H,3,8-9H2,(H,19,21). The van der Waals surface area contributed by atoms with Gasteiger partial charge >= 0.3 is 0 Å². The Labute approximate surface area is 147 Å². The Kier molecular flexibility index (Phi) is 5.26.